The van der Waals surface area contributed by atoms with Gasteiger partial charge in [-0.25, -0.2) is 0 Å². The normalized spacial score (nSPS) is 24.2. The van der Waals surface area contributed by atoms with Gasteiger partial charge in [0, 0.05) is 0 Å². The summed E-state index contributed by atoms with van der Waals surface area (Å²) in [4.78, 5) is 0. The standard InChI is InChI=1S/C16H21N/c1-2-13-3-7-15(8-4-13)16-9-5-14(6-10-16)11-12-17/h5-6,9-10,13,15H,2-4,7-8,11H2,1H3. The Labute approximate surface area is 104 Å². The molecule has 0 amide bonds. The molecule has 1 aliphatic carbocycles. The maximum absolute atomic E-state index is 8.64. The topological polar surface area (TPSA) is 23.8 Å². The van der Waals surface area contributed by atoms with Gasteiger partial charge in [0.1, 0.15) is 0 Å². The summed E-state index contributed by atoms with van der Waals surface area (Å²) < 4.78 is 0. The van der Waals surface area contributed by atoms with Gasteiger partial charge in [-0.05, 0) is 48.6 Å². The lowest BCUT2D eigenvalue weighted by atomic mass is 9.78. The lowest BCUT2D eigenvalue weighted by Gasteiger charge is -2.28. The van der Waals surface area contributed by atoms with E-state index >= 15 is 0 Å². The van der Waals surface area contributed by atoms with E-state index in [4.69, 9.17) is 5.26 Å². The minimum Gasteiger partial charge on any atom is -0.198 e. The molecule has 0 unspecified atom stereocenters. The van der Waals surface area contributed by atoms with Crippen molar-refractivity contribution < 1.29 is 0 Å². The molecule has 90 valence electrons. The van der Waals surface area contributed by atoms with Crippen LogP contribution in [-0.4, -0.2) is 0 Å². The minimum atomic E-state index is 0.531. The third kappa shape index (κ3) is 3.09. The second-order valence-corrected chi connectivity index (χ2v) is 5.20. The number of nitrogens with zero attached hydrogens (tertiary/aromatic N) is 1. The molecule has 0 aliphatic heterocycles. The second kappa shape index (κ2) is 5.87. The van der Waals surface area contributed by atoms with Crippen LogP contribution in [0.1, 0.15) is 56.1 Å². The van der Waals surface area contributed by atoms with Crippen LogP contribution in [0.5, 0.6) is 0 Å². The summed E-state index contributed by atoms with van der Waals surface area (Å²) in [5.41, 5.74) is 2.61. The molecule has 1 fully saturated rings. The van der Waals surface area contributed by atoms with Crippen LogP contribution in [0.15, 0.2) is 24.3 Å². The predicted molar refractivity (Wildman–Crippen MR) is 70.7 cm³/mol. The zero-order valence-corrected chi connectivity index (χ0v) is 10.7. The van der Waals surface area contributed by atoms with E-state index in [1.54, 1.807) is 0 Å². The summed E-state index contributed by atoms with van der Waals surface area (Å²) in [6.45, 7) is 2.31. The molecule has 0 bridgehead atoms. The van der Waals surface area contributed by atoms with E-state index in [0.29, 0.717) is 6.42 Å². The van der Waals surface area contributed by atoms with Crippen LogP contribution in [0.3, 0.4) is 0 Å². The summed E-state index contributed by atoms with van der Waals surface area (Å²) in [5, 5.41) is 8.64. The van der Waals surface area contributed by atoms with E-state index < -0.39 is 0 Å². The van der Waals surface area contributed by atoms with Crippen LogP contribution in [-0.2, 0) is 6.42 Å². The first kappa shape index (κ1) is 12.2. The van der Waals surface area contributed by atoms with E-state index in [0.717, 1.165) is 17.4 Å². The molecule has 2 rings (SSSR count). The summed E-state index contributed by atoms with van der Waals surface area (Å²) in [6, 6.07) is 10.9. The molecule has 1 aliphatic rings. The highest BCUT2D eigenvalue weighted by molar-refractivity contribution is 5.27. The highest BCUT2D eigenvalue weighted by Gasteiger charge is 2.20. The Bertz CT molecular complexity index is 377. The first-order valence-corrected chi connectivity index (χ1v) is 6.79. The van der Waals surface area contributed by atoms with Gasteiger partial charge in [0.15, 0.2) is 0 Å². The smallest absolute Gasteiger partial charge is 0.0669 e. The van der Waals surface area contributed by atoms with E-state index in [9.17, 15) is 0 Å². The van der Waals surface area contributed by atoms with Crippen molar-refractivity contribution in [1.82, 2.24) is 0 Å². The van der Waals surface area contributed by atoms with Crippen molar-refractivity contribution >= 4 is 0 Å². The van der Waals surface area contributed by atoms with Crippen LogP contribution < -0.4 is 0 Å². The SMILES string of the molecule is CCC1CCC(c2ccc(CC#N)cc2)CC1. The predicted octanol–water partition coefficient (Wildman–Crippen LogP) is 4.44. The molecule has 0 heterocycles. The van der Waals surface area contributed by atoms with E-state index in [2.05, 4.69) is 37.3 Å². The van der Waals surface area contributed by atoms with Crippen molar-refractivity contribution in [1.29, 1.82) is 5.26 Å². The van der Waals surface area contributed by atoms with Gasteiger partial charge >= 0.3 is 0 Å². The zero-order chi connectivity index (χ0) is 12.1. The average Bonchev–Trinajstić information content (AvgIpc) is 2.40. The number of hydrogen-bond acceptors (Lipinski definition) is 1. The van der Waals surface area contributed by atoms with Gasteiger partial charge in [-0.3, -0.25) is 0 Å². The van der Waals surface area contributed by atoms with Crippen molar-refractivity contribution in [3.8, 4) is 6.07 Å². The van der Waals surface area contributed by atoms with Crippen LogP contribution in [0, 0.1) is 17.2 Å². The number of nitriles is 1. The molecular formula is C16H21N. The maximum Gasteiger partial charge on any atom is 0.0669 e. The summed E-state index contributed by atoms with van der Waals surface area (Å²) in [7, 11) is 0. The Morgan fingerprint density at radius 2 is 1.76 bits per heavy atom. The van der Waals surface area contributed by atoms with Gasteiger partial charge in [0.25, 0.3) is 0 Å². The molecule has 0 radical (unpaired) electrons. The fourth-order valence-electron chi connectivity index (χ4n) is 2.90. The second-order valence-electron chi connectivity index (χ2n) is 5.20. The van der Waals surface area contributed by atoms with Crippen LogP contribution in [0.2, 0.25) is 0 Å². The van der Waals surface area contributed by atoms with Gasteiger partial charge in [-0.15, -0.1) is 0 Å². The molecule has 0 N–H and O–H groups in total. The van der Waals surface area contributed by atoms with Gasteiger partial charge in [-0.2, -0.15) is 5.26 Å². The van der Waals surface area contributed by atoms with Crippen LogP contribution in [0.25, 0.3) is 0 Å². The Balaban J connectivity index is 1.97. The zero-order valence-electron chi connectivity index (χ0n) is 10.7. The van der Waals surface area contributed by atoms with Crippen molar-refractivity contribution in [3.05, 3.63) is 35.4 Å². The summed E-state index contributed by atoms with van der Waals surface area (Å²) in [6.07, 6.45) is 7.34. The molecule has 1 aromatic rings. The van der Waals surface area contributed by atoms with E-state index in [1.807, 2.05) is 0 Å². The molecule has 0 atom stereocenters. The molecule has 0 aromatic heterocycles. The highest BCUT2D eigenvalue weighted by atomic mass is 14.3. The number of benzene rings is 1. The molecule has 17 heavy (non-hydrogen) atoms. The number of hydrogen-bond donors (Lipinski definition) is 0. The molecular weight excluding hydrogens is 206 g/mol. The Morgan fingerprint density at radius 3 is 2.29 bits per heavy atom. The first-order chi connectivity index (χ1) is 8.33. The molecule has 1 aromatic carbocycles. The van der Waals surface area contributed by atoms with Crippen molar-refractivity contribution in [3.63, 3.8) is 0 Å². The van der Waals surface area contributed by atoms with Gasteiger partial charge in [-0.1, -0.05) is 37.6 Å². The largest absolute Gasteiger partial charge is 0.198 e. The van der Waals surface area contributed by atoms with Crippen molar-refractivity contribution in [2.45, 2.75) is 51.4 Å². The lowest BCUT2D eigenvalue weighted by Crippen LogP contribution is -2.12. The quantitative estimate of drug-likeness (QED) is 0.749. The third-order valence-electron chi connectivity index (χ3n) is 4.16. The van der Waals surface area contributed by atoms with Crippen molar-refractivity contribution in [2.24, 2.45) is 5.92 Å². The average molecular weight is 227 g/mol. The van der Waals surface area contributed by atoms with Gasteiger partial charge in [0.2, 0.25) is 0 Å². The Hall–Kier alpha value is -1.29. The monoisotopic (exact) mass is 227 g/mol. The summed E-state index contributed by atoms with van der Waals surface area (Å²) in [5.74, 6) is 1.72. The molecule has 1 nitrogen and oxygen atoms in total. The Morgan fingerprint density at radius 1 is 1.12 bits per heavy atom. The first-order valence-electron chi connectivity index (χ1n) is 6.79. The molecule has 1 saturated carbocycles. The van der Waals surface area contributed by atoms with Gasteiger partial charge in [0.05, 0.1) is 12.5 Å². The highest BCUT2D eigenvalue weighted by Crippen LogP contribution is 2.36. The third-order valence-corrected chi connectivity index (χ3v) is 4.16. The molecule has 0 spiro atoms. The molecule has 1 heteroatoms. The van der Waals surface area contributed by atoms with Crippen molar-refractivity contribution in [2.75, 3.05) is 0 Å². The summed E-state index contributed by atoms with van der Waals surface area (Å²) >= 11 is 0. The fraction of sp³-hybridized carbons (Fsp3) is 0.562. The van der Waals surface area contributed by atoms with Gasteiger partial charge < -0.3 is 0 Å². The Kier molecular flexibility index (Phi) is 4.20. The van der Waals surface area contributed by atoms with E-state index in [-0.39, 0.29) is 0 Å². The lowest BCUT2D eigenvalue weighted by molar-refractivity contribution is 0.319. The maximum atomic E-state index is 8.64. The van der Waals surface area contributed by atoms with E-state index in [1.165, 1.54) is 37.7 Å². The fourth-order valence-corrected chi connectivity index (χ4v) is 2.90. The minimum absolute atomic E-state index is 0.531. The molecule has 0 saturated heterocycles. The van der Waals surface area contributed by atoms with Crippen LogP contribution in [0.4, 0.5) is 0 Å². The van der Waals surface area contributed by atoms with Crippen LogP contribution >= 0.6 is 0 Å². The number of rotatable bonds is 3.